The second-order valence-electron chi connectivity index (χ2n) is 5.53. The lowest BCUT2D eigenvalue weighted by molar-refractivity contribution is -0.115. The molecule has 0 spiro atoms. The maximum atomic E-state index is 12.4. The molecule has 1 heterocycles. The minimum Gasteiger partial charge on any atom is -0.301 e. The fraction of sp³-hybridized carbons (Fsp3) is 0.167. The van der Waals surface area contributed by atoms with Gasteiger partial charge in [-0.3, -0.25) is 4.79 Å². The van der Waals surface area contributed by atoms with Crippen LogP contribution in [0.15, 0.2) is 70.5 Å². The first-order chi connectivity index (χ1) is 13.0. The minimum atomic E-state index is -3.48. The van der Waals surface area contributed by atoms with Gasteiger partial charge in [0, 0.05) is 17.1 Å². The molecular weight excluding hydrogens is 402 g/mol. The summed E-state index contributed by atoms with van der Waals surface area (Å²) in [6.07, 6.45) is 0.330. The Labute approximate surface area is 166 Å². The number of anilines is 1. The van der Waals surface area contributed by atoms with E-state index in [9.17, 15) is 13.2 Å². The normalized spacial score (nSPS) is 11.3. The number of hydrogen-bond donors (Lipinski definition) is 1. The molecule has 0 saturated carbocycles. The van der Waals surface area contributed by atoms with Crippen LogP contribution in [0.5, 0.6) is 0 Å². The van der Waals surface area contributed by atoms with Crippen LogP contribution >= 0.6 is 23.1 Å². The van der Waals surface area contributed by atoms with E-state index < -0.39 is 9.84 Å². The first-order valence-electron chi connectivity index (χ1n) is 8.11. The van der Waals surface area contributed by atoms with Crippen molar-refractivity contribution in [3.05, 3.63) is 65.7 Å². The zero-order chi connectivity index (χ0) is 19.1. The molecule has 0 atom stereocenters. The number of thioether (sulfide) groups is 1. The lowest BCUT2D eigenvalue weighted by Gasteiger charge is -2.02. The number of hydrogen-bond acceptors (Lipinski definition) is 7. The number of carbonyl (C=O) groups excluding carboxylic acids is 1. The van der Waals surface area contributed by atoms with E-state index in [0.717, 1.165) is 16.2 Å². The molecule has 1 amide bonds. The Morgan fingerprint density at radius 2 is 1.67 bits per heavy atom. The maximum absolute atomic E-state index is 12.4. The van der Waals surface area contributed by atoms with E-state index in [1.54, 1.807) is 42.1 Å². The van der Waals surface area contributed by atoms with Crippen LogP contribution in [0.4, 0.5) is 5.13 Å². The van der Waals surface area contributed by atoms with Gasteiger partial charge >= 0.3 is 0 Å². The molecule has 140 valence electrons. The van der Waals surface area contributed by atoms with Gasteiger partial charge in [-0.15, -0.1) is 22.0 Å². The van der Waals surface area contributed by atoms with E-state index in [0.29, 0.717) is 22.3 Å². The molecule has 9 heteroatoms. The summed E-state index contributed by atoms with van der Waals surface area (Å²) >= 11 is 2.67. The fourth-order valence-corrected chi connectivity index (χ4v) is 5.44. The molecule has 27 heavy (non-hydrogen) atoms. The van der Waals surface area contributed by atoms with Crippen LogP contribution in [0, 0.1) is 0 Å². The molecule has 0 saturated heterocycles. The molecule has 1 aromatic heterocycles. The van der Waals surface area contributed by atoms with Crippen molar-refractivity contribution < 1.29 is 13.2 Å². The van der Waals surface area contributed by atoms with Gasteiger partial charge in [-0.25, -0.2) is 8.42 Å². The second-order valence-corrected chi connectivity index (χ2v) is 9.75. The van der Waals surface area contributed by atoms with E-state index in [1.165, 1.54) is 0 Å². The zero-order valence-corrected chi connectivity index (χ0v) is 16.7. The molecule has 0 bridgehead atoms. The molecule has 0 aliphatic heterocycles. The number of nitrogens with zero attached hydrogens (tertiary/aromatic N) is 2. The summed E-state index contributed by atoms with van der Waals surface area (Å²) < 4.78 is 24.7. The first kappa shape index (κ1) is 19.5. The molecule has 0 unspecified atom stereocenters. The summed E-state index contributed by atoms with van der Waals surface area (Å²) in [5, 5.41) is 11.1. The average Bonchev–Trinajstić information content (AvgIpc) is 3.09. The highest BCUT2D eigenvalue weighted by atomic mass is 32.2. The largest absolute Gasteiger partial charge is 0.301 e. The second kappa shape index (κ2) is 9.12. The molecule has 3 aromatic rings. The van der Waals surface area contributed by atoms with Crippen LogP contribution in [-0.2, 0) is 20.4 Å². The molecule has 0 aliphatic carbocycles. The van der Waals surface area contributed by atoms with Crippen molar-refractivity contribution in [2.24, 2.45) is 0 Å². The summed E-state index contributed by atoms with van der Waals surface area (Å²) in [7, 11) is -3.48. The Hall–Kier alpha value is -2.23. The molecule has 2 aromatic carbocycles. The predicted molar refractivity (Wildman–Crippen MR) is 108 cm³/mol. The lowest BCUT2D eigenvalue weighted by atomic mass is 10.4. The quantitative estimate of drug-likeness (QED) is 0.561. The van der Waals surface area contributed by atoms with Gasteiger partial charge in [0.2, 0.25) is 11.0 Å². The van der Waals surface area contributed by atoms with Crippen LogP contribution in [0.25, 0.3) is 0 Å². The number of sulfone groups is 1. The third kappa shape index (κ3) is 5.88. The van der Waals surface area contributed by atoms with Gasteiger partial charge < -0.3 is 5.32 Å². The standard InChI is InChI=1S/C18H17N3O3S3/c22-16(11-12-25-14-7-3-1-4-8-14)19-18-21-20-17(26-18)13-27(23,24)15-9-5-2-6-10-15/h1-10H,11-13H2,(H,19,21,22). The number of benzene rings is 2. The van der Waals surface area contributed by atoms with Crippen LogP contribution in [0.1, 0.15) is 11.4 Å². The number of carbonyl (C=O) groups is 1. The Bertz CT molecular complexity index is 990. The molecule has 0 aliphatic rings. The van der Waals surface area contributed by atoms with Gasteiger partial charge in [0.05, 0.1) is 4.90 Å². The van der Waals surface area contributed by atoms with Gasteiger partial charge in [-0.1, -0.05) is 47.7 Å². The fourth-order valence-electron chi connectivity index (χ4n) is 2.20. The van der Waals surface area contributed by atoms with Gasteiger partial charge in [0.15, 0.2) is 9.84 Å². The maximum Gasteiger partial charge on any atom is 0.227 e. The molecule has 0 radical (unpaired) electrons. The van der Waals surface area contributed by atoms with Crippen molar-refractivity contribution in [1.29, 1.82) is 0 Å². The Kier molecular flexibility index (Phi) is 6.59. The van der Waals surface area contributed by atoms with E-state index in [2.05, 4.69) is 15.5 Å². The smallest absolute Gasteiger partial charge is 0.227 e. The number of nitrogens with one attached hydrogen (secondary N) is 1. The van der Waals surface area contributed by atoms with E-state index in [4.69, 9.17) is 0 Å². The van der Waals surface area contributed by atoms with Gasteiger partial charge in [0.1, 0.15) is 10.8 Å². The molecule has 0 fully saturated rings. The summed E-state index contributed by atoms with van der Waals surface area (Å²) in [6.45, 7) is 0. The van der Waals surface area contributed by atoms with Crippen molar-refractivity contribution in [3.63, 3.8) is 0 Å². The minimum absolute atomic E-state index is 0.174. The highest BCUT2D eigenvalue weighted by Gasteiger charge is 2.18. The highest BCUT2D eigenvalue weighted by Crippen LogP contribution is 2.22. The topological polar surface area (TPSA) is 89.0 Å². The third-order valence-corrected chi connectivity index (χ3v) is 7.15. The lowest BCUT2D eigenvalue weighted by Crippen LogP contribution is -2.11. The van der Waals surface area contributed by atoms with Crippen molar-refractivity contribution in [2.45, 2.75) is 22.0 Å². The molecule has 1 N–H and O–H groups in total. The van der Waals surface area contributed by atoms with Crippen molar-refractivity contribution in [2.75, 3.05) is 11.1 Å². The number of aromatic nitrogens is 2. The van der Waals surface area contributed by atoms with Gasteiger partial charge in [-0.05, 0) is 24.3 Å². The van der Waals surface area contributed by atoms with Gasteiger partial charge in [-0.2, -0.15) is 0 Å². The Morgan fingerprint density at radius 3 is 2.37 bits per heavy atom. The summed E-state index contributed by atoms with van der Waals surface area (Å²) in [6, 6.07) is 18.0. The van der Waals surface area contributed by atoms with E-state index >= 15 is 0 Å². The summed E-state index contributed by atoms with van der Waals surface area (Å²) in [4.78, 5) is 13.4. The molecular formula is C18H17N3O3S3. The Morgan fingerprint density at radius 1 is 1.00 bits per heavy atom. The van der Waals surface area contributed by atoms with Crippen molar-refractivity contribution in [1.82, 2.24) is 10.2 Å². The zero-order valence-electron chi connectivity index (χ0n) is 14.2. The first-order valence-corrected chi connectivity index (χ1v) is 11.6. The van der Waals surface area contributed by atoms with Crippen LogP contribution < -0.4 is 5.32 Å². The van der Waals surface area contributed by atoms with E-state index in [1.807, 2.05) is 30.3 Å². The number of rotatable bonds is 8. The third-order valence-electron chi connectivity index (χ3n) is 3.47. The Balaban J connectivity index is 1.51. The summed E-state index contributed by atoms with van der Waals surface area (Å²) in [5.41, 5.74) is 0. The van der Waals surface area contributed by atoms with Crippen LogP contribution in [0.2, 0.25) is 0 Å². The van der Waals surface area contributed by atoms with Crippen LogP contribution in [-0.4, -0.2) is 30.3 Å². The average molecular weight is 420 g/mol. The van der Waals surface area contributed by atoms with E-state index in [-0.39, 0.29) is 16.6 Å². The van der Waals surface area contributed by atoms with Crippen molar-refractivity contribution >= 4 is 44.0 Å². The predicted octanol–water partition coefficient (Wildman–Crippen LogP) is 3.63. The monoisotopic (exact) mass is 419 g/mol. The van der Waals surface area contributed by atoms with Crippen molar-refractivity contribution in [3.8, 4) is 0 Å². The summed E-state index contributed by atoms with van der Waals surface area (Å²) in [5.74, 6) is 0.227. The molecule has 6 nitrogen and oxygen atoms in total. The highest BCUT2D eigenvalue weighted by molar-refractivity contribution is 7.99. The SMILES string of the molecule is O=C(CCSc1ccccc1)Nc1nnc(CS(=O)(=O)c2ccccc2)s1. The van der Waals surface area contributed by atoms with Gasteiger partial charge in [0.25, 0.3) is 0 Å². The molecule has 3 rings (SSSR count). The van der Waals surface area contributed by atoms with Crippen LogP contribution in [0.3, 0.4) is 0 Å². The number of amides is 1.